The van der Waals surface area contributed by atoms with Gasteiger partial charge in [0.05, 0.1) is 6.10 Å². The Labute approximate surface area is 101 Å². The van der Waals surface area contributed by atoms with Crippen molar-refractivity contribution in [2.75, 3.05) is 13.2 Å². The maximum Gasteiger partial charge on any atom is 0.326 e. The summed E-state index contributed by atoms with van der Waals surface area (Å²) in [7, 11) is 0. The Morgan fingerprint density at radius 3 is 2.65 bits per heavy atom. The zero-order valence-corrected chi connectivity index (χ0v) is 10.2. The molecule has 1 heterocycles. The van der Waals surface area contributed by atoms with Crippen LogP contribution in [0, 0.1) is 5.92 Å². The van der Waals surface area contributed by atoms with Crippen LogP contribution in [0.5, 0.6) is 0 Å². The second-order valence-electron chi connectivity index (χ2n) is 4.55. The van der Waals surface area contributed by atoms with Crippen molar-refractivity contribution in [2.45, 2.75) is 38.8 Å². The third kappa shape index (κ3) is 4.60. The molecule has 6 nitrogen and oxygen atoms in total. The number of carboxylic acid groups (broad SMARTS) is 1. The lowest BCUT2D eigenvalue weighted by molar-refractivity contribution is -0.140. The Kier molecular flexibility index (Phi) is 5.21. The summed E-state index contributed by atoms with van der Waals surface area (Å²) in [4.78, 5) is 22.3. The second kappa shape index (κ2) is 6.44. The summed E-state index contributed by atoms with van der Waals surface area (Å²) in [5, 5.41) is 14.0. The van der Waals surface area contributed by atoms with E-state index in [1.54, 1.807) is 13.8 Å². The van der Waals surface area contributed by atoms with E-state index in [2.05, 4.69) is 10.6 Å². The van der Waals surface area contributed by atoms with E-state index in [1.807, 2.05) is 0 Å². The maximum atomic E-state index is 11.5. The Balaban J connectivity index is 2.29. The Hall–Kier alpha value is -1.30. The van der Waals surface area contributed by atoms with Crippen molar-refractivity contribution in [3.63, 3.8) is 0 Å². The number of rotatable bonds is 5. The van der Waals surface area contributed by atoms with Gasteiger partial charge < -0.3 is 20.5 Å². The van der Waals surface area contributed by atoms with E-state index in [-0.39, 0.29) is 12.0 Å². The predicted octanol–water partition coefficient (Wildman–Crippen LogP) is 0.574. The lowest BCUT2D eigenvalue weighted by atomic mass is 10.1. The third-order valence-corrected chi connectivity index (χ3v) is 2.73. The van der Waals surface area contributed by atoms with Gasteiger partial charge in [-0.05, 0) is 18.8 Å². The number of ether oxygens (including phenoxy) is 1. The lowest BCUT2D eigenvalue weighted by Gasteiger charge is -2.19. The van der Waals surface area contributed by atoms with Crippen molar-refractivity contribution < 1.29 is 19.4 Å². The van der Waals surface area contributed by atoms with E-state index in [1.165, 1.54) is 0 Å². The quantitative estimate of drug-likeness (QED) is 0.660. The molecule has 0 bridgehead atoms. The number of carbonyl (C=O) groups is 2. The monoisotopic (exact) mass is 244 g/mol. The summed E-state index contributed by atoms with van der Waals surface area (Å²) in [5.41, 5.74) is 0. The van der Waals surface area contributed by atoms with E-state index >= 15 is 0 Å². The van der Waals surface area contributed by atoms with Crippen molar-refractivity contribution in [3.05, 3.63) is 0 Å². The number of hydrogen-bond acceptors (Lipinski definition) is 3. The highest BCUT2D eigenvalue weighted by molar-refractivity contribution is 5.82. The number of hydrogen-bond donors (Lipinski definition) is 3. The Morgan fingerprint density at radius 1 is 1.47 bits per heavy atom. The van der Waals surface area contributed by atoms with Gasteiger partial charge in [0.25, 0.3) is 0 Å². The van der Waals surface area contributed by atoms with Gasteiger partial charge in [0.2, 0.25) is 0 Å². The summed E-state index contributed by atoms with van der Waals surface area (Å²) in [6.07, 6.45) is 2.01. The van der Waals surface area contributed by atoms with Crippen LogP contribution in [0.25, 0.3) is 0 Å². The van der Waals surface area contributed by atoms with Crippen LogP contribution in [0.3, 0.4) is 0 Å². The minimum atomic E-state index is -1.02. The lowest BCUT2D eigenvalue weighted by Crippen LogP contribution is -2.49. The number of amides is 2. The molecule has 2 amide bonds. The van der Waals surface area contributed by atoms with Crippen LogP contribution in [0.2, 0.25) is 0 Å². The summed E-state index contributed by atoms with van der Waals surface area (Å²) >= 11 is 0. The molecule has 0 aromatic carbocycles. The van der Waals surface area contributed by atoms with Gasteiger partial charge in [0, 0.05) is 13.2 Å². The van der Waals surface area contributed by atoms with Crippen molar-refractivity contribution in [1.82, 2.24) is 10.6 Å². The first-order valence-electron chi connectivity index (χ1n) is 5.89. The SMILES string of the molecule is CC(C)[C@H](NC(=O)NC[C@@H]1CCCO1)C(=O)O. The standard InChI is InChI=1S/C11H20N2O4/c1-7(2)9(10(14)15)13-11(16)12-6-8-4-3-5-17-8/h7-9H,3-6H2,1-2H3,(H,14,15)(H2,12,13,16)/t8-,9-/m0/s1. The molecule has 0 spiro atoms. The van der Waals surface area contributed by atoms with Crippen LogP contribution in [-0.4, -0.2) is 42.4 Å². The highest BCUT2D eigenvalue weighted by atomic mass is 16.5. The molecule has 17 heavy (non-hydrogen) atoms. The first kappa shape index (κ1) is 13.8. The molecule has 0 aromatic heterocycles. The molecular weight excluding hydrogens is 224 g/mol. The molecule has 2 atom stereocenters. The first-order chi connectivity index (χ1) is 8.00. The van der Waals surface area contributed by atoms with Gasteiger partial charge >= 0.3 is 12.0 Å². The molecular formula is C11H20N2O4. The minimum absolute atomic E-state index is 0.0584. The van der Waals surface area contributed by atoms with Crippen LogP contribution in [0.1, 0.15) is 26.7 Å². The fourth-order valence-electron chi connectivity index (χ4n) is 1.72. The fraction of sp³-hybridized carbons (Fsp3) is 0.818. The van der Waals surface area contributed by atoms with Crippen LogP contribution in [0.15, 0.2) is 0 Å². The molecule has 3 N–H and O–H groups in total. The molecule has 1 saturated heterocycles. The molecule has 0 aromatic rings. The predicted molar refractivity (Wildman–Crippen MR) is 61.8 cm³/mol. The van der Waals surface area contributed by atoms with Gasteiger partial charge in [-0.2, -0.15) is 0 Å². The summed E-state index contributed by atoms with van der Waals surface area (Å²) < 4.78 is 5.34. The van der Waals surface area contributed by atoms with Gasteiger partial charge in [-0.1, -0.05) is 13.8 Å². The van der Waals surface area contributed by atoms with E-state index in [0.29, 0.717) is 6.54 Å². The van der Waals surface area contributed by atoms with Gasteiger partial charge in [-0.25, -0.2) is 9.59 Å². The third-order valence-electron chi connectivity index (χ3n) is 2.73. The Morgan fingerprint density at radius 2 is 2.18 bits per heavy atom. The molecule has 0 radical (unpaired) electrons. The van der Waals surface area contributed by atoms with E-state index in [9.17, 15) is 9.59 Å². The summed E-state index contributed by atoms with van der Waals surface area (Å²) in [5.74, 6) is -1.17. The molecule has 0 unspecified atom stereocenters. The summed E-state index contributed by atoms with van der Waals surface area (Å²) in [6, 6.07) is -1.32. The van der Waals surface area contributed by atoms with Crippen LogP contribution < -0.4 is 10.6 Å². The average Bonchev–Trinajstić information content (AvgIpc) is 2.74. The molecule has 1 aliphatic rings. The number of carboxylic acids is 1. The van der Waals surface area contributed by atoms with Crippen molar-refractivity contribution in [3.8, 4) is 0 Å². The Bertz CT molecular complexity index is 275. The van der Waals surface area contributed by atoms with Gasteiger partial charge in [0.1, 0.15) is 6.04 Å². The minimum Gasteiger partial charge on any atom is -0.480 e. The average molecular weight is 244 g/mol. The highest BCUT2D eigenvalue weighted by Gasteiger charge is 2.24. The molecule has 6 heteroatoms. The molecule has 1 aliphatic heterocycles. The molecule has 1 rings (SSSR count). The van der Waals surface area contributed by atoms with E-state index in [0.717, 1.165) is 19.4 Å². The van der Waals surface area contributed by atoms with Crippen LogP contribution in [-0.2, 0) is 9.53 Å². The van der Waals surface area contributed by atoms with Crippen molar-refractivity contribution in [1.29, 1.82) is 0 Å². The molecule has 1 fully saturated rings. The zero-order valence-electron chi connectivity index (χ0n) is 10.2. The van der Waals surface area contributed by atoms with Gasteiger partial charge in [0.15, 0.2) is 0 Å². The fourth-order valence-corrected chi connectivity index (χ4v) is 1.72. The van der Waals surface area contributed by atoms with Gasteiger partial charge in [-0.15, -0.1) is 0 Å². The number of nitrogens with one attached hydrogen (secondary N) is 2. The topological polar surface area (TPSA) is 87.7 Å². The first-order valence-corrected chi connectivity index (χ1v) is 5.89. The van der Waals surface area contributed by atoms with Crippen LogP contribution >= 0.6 is 0 Å². The van der Waals surface area contributed by atoms with Crippen molar-refractivity contribution >= 4 is 12.0 Å². The van der Waals surface area contributed by atoms with E-state index < -0.39 is 18.0 Å². The largest absolute Gasteiger partial charge is 0.480 e. The van der Waals surface area contributed by atoms with Crippen LogP contribution in [0.4, 0.5) is 4.79 Å². The number of carbonyl (C=O) groups excluding carboxylic acids is 1. The normalized spacial score (nSPS) is 21.2. The number of aliphatic carboxylic acids is 1. The summed E-state index contributed by atoms with van der Waals surface area (Å²) in [6.45, 7) is 4.66. The van der Waals surface area contributed by atoms with Gasteiger partial charge in [-0.3, -0.25) is 0 Å². The van der Waals surface area contributed by atoms with E-state index in [4.69, 9.17) is 9.84 Å². The zero-order chi connectivity index (χ0) is 12.8. The molecule has 0 saturated carbocycles. The smallest absolute Gasteiger partial charge is 0.326 e. The molecule has 98 valence electrons. The maximum absolute atomic E-state index is 11.5. The van der Waals surface area contributed by atoms with Crippen molar-refractivity contribution in [2.24, 2.45) is 5.92 Å². The number of urea groups is 1. The molecule has 0 aliphatic carbocycles. The second-order valence-corrected chi connectivity index (χ2v) is 4.55. The highest BCUT2D eigenvalue weighted by Crippen LogP contribution is 2.10.